The van der Waals surface area contributed by atoms with E-state index >= 15 is 0 Å². The predicted octanol–water partition coefficient (Wildman–Crippen LogP) is 1.75. The number of piperidine rings is 3. The van der Waals surface area contributed by atoms with Crippen LogP contribution in [0.1, 0.15) is 29.5 Å². The van der Waals surface area contributed by atoms with Crippen molar-refractivity contribution in [3.63, 3.8) is 0 Å². The Labute approximate surface area is 141 Å². The van der Waals surface area contributed by atoms with Gasteiger partial charge in [-0.25, -0.2) is 4.98 Å². The Bertz CT molecular complexity index is 753. The maximum Gasteiger partial charge on any atom is 0.217 e. The molecule has 0 amide bonds. The molecule has 6 heterocycles. The molecular formula is C19H22N4O. The summed E-state index contributed by atoms with van der Waals surface area (Å²) in [5.74, 6) is 1.34. The highest BCUT2D eigenvalue weighted by atomic mass is 16.5. The smallest absolute Gasteiger partial charge is 0.217 e. The van der Waals surface area contributed by atoms with Crippen molar-refractivity contribution in [1.29, 1.82) is 0 Å². The lowest BCUT2D eigenvalue weighted by molar-refractivity contribution is -0.126. The summed E-state index contributed by atoms with van der Waals surface area (Å²) in [7, 11) is 0. The van der Waals surface area contributed by atoms with Crippen LogP contribution in [0.3, 0.4) is 0 Å². The number of rotatable bonds is 2. The van der Waals surface area contributed by atoms with Crippen LogP contribution in [0.5, 0.6) is 5.88 Å². The first-order valence-electron chi connectivity index (χ1n) is 8.80. The topological polar surface area (TPSA) is 64.3 Å². The number of hydrogen-bond donors (Lipinski definition) is 1. The molecule has 0 saturated carbocycles. The molecule has 124 valence electrons. The molecule has 1 unspecified atom stereocenters. The molecule has 0 aromatic carbocycles. The van der Waals surface area contributed by atoms with E-state index in [2.05, 4.69) is 33.1 Å². The van der Waals surface area contributed by atoms with E-state index in [1.807, 2.05) is 18.6 Å². The molecule has 24 heavy (non-hydrogen) atoms. The average molecular weight is 322 g/mol. The van der Waals surface area contributed by atoms with Crippen molar-refractivity contribution >= 4 is 0 Å². The molecule has 4 aliphatic heterocycles. The molecule has 4 aliphatic rings. The summed E-state index contributed by atoms with van der Waals surface area (Å²) in [6, 6.07) is 6.35. The summed E-state index contributed by atoms with van der Waals surface area (Å²) in [5, 5.41) is 0. The molecule has 3 saturated heterocycles. The van der Waals surface area contributed by atoms with Gasteiger partial charge in [0, 0.05) is 49.6 Å². The van der Waals surface area contributed by atoms with E-state index in [-0.39, 0.29) is 11.8 Å². The van der Waals surface area contributed by atoms with Crippen molar-refractivity contribution in [2.45, 2.75) is 37.5 Å². The van der Waals surface area contributed by atoms with Crippen molar-refractivity contribution < 1.29 is 4.74 Å². The Kier molecular flexibility index (Phi) is 3.15. The lowest BCUT2D eigenvalue weighted by Gasteiger charge is -2.54. The predicted molar refractivity (Wildman–Crippen MR) is 90.6 cm³/mol. The Hall–Kier alpha value is -1.98. The minimum Gasteiger partial charge on any atom is -0.467 e. The van der Waals surface area contributed by atoms with Crippen LogP contribution in [-0.4, -0.2) is 39.7 Å². The summed E-state index contributed by atoms with van der Waals surface area (Å²) < 4.78 is 6.40. The first-order valence-corrected chi connectivity index (χ1v) is 8.80. The van der Waals surface area contributed by atoms with Crippen molar-refractivity contribution in [1.82, 2.24) is 14.9 Å². The van der Waals surface area contributed by atoms with Crippen LogP contribution < -0.4 is 10.5 Å². The highest BCUT2D eigenvalue weighted by Crippen LogP contribution is 2.48. The molecule has 0 radical (unpaired) electrons. The van der Waals surface area contributed by atoms with Crippen LogP contribution in [0.15, 0.2) is 36.8 Å². The highest BCUT2D eigenvalue weighted by Gasteiger charge is 2.57. The number of ether oxygens (including phenoxy) is 1. The van der Waals surface area contributed by atoms with Gasteiger partial charge in [0.2, 0.25) is 5.88 Å². The van der Waals surface area contributed by atoms with Crippen LogP contribution in [0.4, 0.5) is 0 Å². The van der Waals surface area contributed by atoms with E-state index in [4.69, 9.17) is 10.5 Å². The fourth-order valence-corrected chi connectivity index (χ4v) is 4.72. The van der Waals surface area contributed by atoms with Gasteiger partial charge in [0.15, 0.2) is 0 Å². The summed E-state index contributed by atoms with van der Waals surface area (Å²) >= 11 is 0. The Balaban J connectivity index is 1.43. The standard InChI is InChI=1S/C19H22N4O/c20-18-19(16-3-7-23(18)8-4-16)11-15-10-14(12-22-17(15)24-19)9-13-1-5-21-6-2-13/h1-2,5-6,10,12,16,18H,3-4,7-9,11,20H2/t18?,19-/m1/s1. The van der Waals surface area contributed by atoms with E-state index in [0.29, 0.717) is 5.92 Å². The Morgan fingerprint density at radius 2 is 2.00 bits per heavy atom. The quantitative estimate of drug-likeness (QED) is 0.912. The van der Waals surface area contributed by atoms with Gasteiger partial charge in [-0.05, 0) is 48.6 Å². The maximum absolute atomic E-state index is 6.57. The second-order valence-electron chi connectivity index (χ2n) is 7.33. The Morgan fingerprint density at radius 1 is 1.21 bits per heavy atom. The van der Waals surface area contributed by atoms with Gasteiger partial charge < -0.3 is 10.5 Å². The molecule has 0 aliphatic carbocycles. The second kappa shape index (κ2) is 5.26. The zero-order valence-corrected chi connectivity index (χ0v) is 13.7. The number of nitrogens with zero attached hydrogens (tertiary/aromatic N) is 3. The summed E-state index contributed by atoms with van der Waals surface area (Å²) in [4.78, 5) is 11.1. The SMILES string of the molecule is NC1N2CCC(CC2)[C@]12Cc1cc(Cc3ccncc3)cnc1O2. The summed E-state index contributed by atoms with van der Waals surface area (Å²) in [5.41, 5.74) is 9.99. The first kappa shape index (κ1) is 14.4. The molecule has 5 nitrogen and oxygen atoms in total. The van der Waals surface area contributed by atoms with Crippen molar-refractivity contribution in [2.24, 2.45) is 11.7 Å². The average Bonchev–Trinajstić information content (AvgIpc) is 3.00. The van der Waals surface area contributed by atoms with Gasteiger partial charge in [0.1, 0.15) is 5.60 Å². The van der Waals surface area contributed by atoms with Gasteiger partial charge >= 0.3 is 0 Å². The van der Waals surface area contributed by atoms with Crippen molar-refractivity contribution in [3.8, 4) is 5.88 Å². The van der Waals surface area contributed by atoms with Gasteiger partial charge in [-0.1, -0.05) is 0 Å². The molecule has 6 rings (SSSR count). The number of hydrogen-bond acceptors (Lipinski definition) is 5. The molecule has 2 aromatic heterocycles. The maximum atomic E-state index is 6.57. The summed E-state index contributed by atoms with van der Waals surface area (Å²) in [6.45, 7) is 2.21. The van der Waals surface area contributed by atoms with Gasteiger partial charge in [-0.15, -0.1) is 0 Å². The van der Waals surface area contributed by atoms with E-state index < -0.39 is 0 Å². The number of nitrogens with two attached hydrogens (primary N) is 1. The molecule has 3 fully saturated rings. The van der Waals surface area contributed by atoms with Crippen LogP contribution in [0, 0.1) is 5.92 Å². The fourth-order valence-electron chi connectivity index (χ4n) is 4.72. The fraction of sp³-hybridized carbons (Fsp3) is 0.474. The monoisotopic (exact) mass is 322 g/mol. The molecule has 1 spiro atoms. The minimum atomic E-state index is -0.263. The van der Waals surface area contributed by atoms with Gasteiger partial charge in [0.25, 0.3) is 0 Å². The number of fused-ring (bicyclic) bond motifs is 3. The van der Waals surface area contributed by atoms with E-state index in [1.54, 1.807) is 0 Å². The van der Waals surface area contributed by atoms with Crippen LogP contribution in [0.25, 0.3) is 0 Å². The van der Waals surface area contributed by atoms with E-state index in [1.165, 1.54) is 29.5 Å². The van der Waals surface area contributed by atoms with Crippen molar-refractivity contribution in [3.05, 3.63) is 53.5 Å². The number of aromatic nitrogens is 2. The lowest BCUT2D eigenvalue weighted by Crippen LogP contribution is -2.71. The molecule has 2 aromatic rings. The molecular weight excluding hydrogens is 300 g/mol. The largest absolute Gasteiger partial charge is 0.467 e. The minimum absolute atomic E-state index is 0.0113. The third kappa shape index (κ3) is 2.08. The molecule has 2 N–H and O–H groups in total. The molecule has 5 heteroatoms. The second-order valence-corrected chi connectivity index (χ2v) is 7.33. The molecule has 2 atom stereocenters. The van der Waals surface area contributed by atoms with Crippen LogP contribution in [-0.2, 0) is 12.8 Å². The third-order valence-electron chi connectivity index (χ3n) is 6.01. The first-order chi connectivity index (χ1) is 11.7. The molecule has 2 bridgehead atoms. The normalized spacial score (nSPS) is 33.5. The third-order valence-corrected chi connectivity index (χ3v) is 6.01. The highest BCUT2D eigenvalue weighted by molar-refractivity contribution is 5.39. The van der Waals surface area contributed by atoms with E-state index in [0.717, 1.165) is 31.8 Å². The number of pyridine rings is 2. The van der Waals surface area contributed by atoms with Crippen LogP contribution in [0.2, 0.25) is 0 Å². The zero-order chi connectivity index (χ0) is 16.1. The van der Waals surface area contributed by atoms with Gasteiger partial charge in [-0.3, -0.25) is 9.88 Å². The van der Waals surface area contributed by atoms with Crippen LogP contribution >= 0.6 is 0 Å². The summed E-state index contributed by atoms with van der Waals surface area (Å²) in [6.07, 6.45) is 9.73. The van der Waals surface area contributed by atoms with E-state index in [9.17, 15) is 0 Å². The van der Waals surface area contributed by atoms with Gasteiger partial charge in [0.05, 0.1) is 6.17 Å². The lowest BCUT2D eigenvalue weighted by atomic mass is 9.71. The van der Waals surface area contributed by atoms with Crippen molar-refractivity contribution in [2.75, 3.05) is 13.1 Å². The van der Waals surface area contributed by atoms with Gasteiger partial charge in [-0.2, -0.15) is 0 Å². The zero-order valence-electron chi connectivity index (χ0n) is 13.7. The Morgan fingerprint density at radius 3 is 2.75 bits per heavy atom.